The number of hydrazone groups is 1. The van der Waals surface area contributed by atoms with Gasteiger partial charge in [0.1, 0.15) is 0 Å². The largest absolute Gasteiger partial charge is 0.451 e. The van der Waals surface area contributed by atoms with E-state index in [-0.39, 0.29) is 30.0 Å². The fourth-order valence-electron chi connectivity index (χ4n) is 2.07. The Hall–Kier alpha value is -2.59. The minimum atomic E-state index is -5.14. The number of nitrogens with one attached hydrogen (secondary N) is 2. The van der Waals surface area contributed by atoms with Crippen LogP contribution in [0, 0.1) is 0 Å². The fourth-order valence-corrected chi connectivity index (χ4v) is 2.07. The van der Waals surface area contributed by atoms with Gasteiger partial charge in [-0.3, -0.25) is 9.59 Å². The molecule has 5 nitrogen and oxygen atoms in total. The summed E-state index contributed by atoms with van der Waals surface area (Å²) in [7, 11) is 0. The molecular weight excluding hydrogens is 356 g/mol. The van der Waals surface area contributed by atoms with Crippen molar-refractivity contribution < 1.29 is 35.9 Å². The molecule has 1 heterocycles. The zero-order valence-electron chi connectivity index (χ0n) is 12.4. The van der Waals surface area contributed by atoms with Crippen molar-refractivity contribution in [1.29, 1.82) is 0 Å². The molecule has 0 spiro atoms. The van der Waals surface area contributed by atoms with Gasteiger partial charge in [0.25, 0.3) is 5.78 Å². The lowest BCUT2D eigenvalue weighted by Gasteiger charge is -2.18. The van der Waals surface area contributed by atoms with Gasteiger partial charge in [-0.2, -0.15) is 31.4 Å². The number of ketones is 1. The van der Waals surface area contributed by atoms with Crippen LogP contribution in [0.2, 0.25) is 0 Å². The summed E-state index contributed by atoms with van der Waals surface area (Å²) < 4.78 is 76.0. The molecule has 1 aliphatic heterocycles. The molecule has 0 fully saturated rings. The zero-order chi connectivity index (χ0) is 18.8. The first-order valence-corrected chi connectivity index (χ1v) is 6.89. The topological polar surface area (TPSA) is 70.6 Å². The number of hydrogen-bond donors (Lipinski definition) is 2. The SMILES string of the molecule is O=C1CCC(c2ccc(NCC(=O)C(F)(F)F)c(C(F)(F)F)c2)=NN1. The number of benzene rings is 1. The summed E-state index contributed by atoms with van der Waals surface area (Å²) in [4.78, 5) is 21.8. The highest BCUT2D eigenvalue weighted by Crippen LogP contribution is 2.36. The molecule has 0 saturated heterocycles. The quantitative estimate of drug-likeness (QED) is 0.804. The maximum atomic E-state index is 13.2. The number of hydrogen-bond acceptors (Lipinski definition) is 4. The van der Waals surface area contributed by atoms with E-state index < -0.39 is 35.9 Å². The number of anilines is 1. The Bertz CT molecular complexity index is 724. The van der Waals surface area contributed by atoms with Gasteiger partial charge in [-0.05, 0) is 17.7 Å². The van der Waals surface area contributed by atoms with E-state index >= 15 is 0 Å². The van der Waals surface area contributed by atoms with Gasteiger partial charge >= 0.3 is 12.4 Å². The van der Waals surface area contributed by atoms with Crippen molar-refractivity contribution in [3.05, 3.63) is 29.3 Å². The van der Waals surface area contributed by atoms with Gasteiger partial charge in [0.05, 0.1) is 17.8 Å². The molecule has 136 valence electrons. The normalized spacial score (nSPS) is 15.4. The summed E-state index contributed by atoms with van der Waals surface area (Å²) in [5.74, 6) is -2.56. The average Bonchev–Trinajstić information content (AvgIpc) is 2.51. The fraction of sp³-hybridized carbons (Fsp3) is 0.357. The first-order valence-electron chi connectivity index (χ1n) is 6.89. The molecule has 1 amide bonds. The molecule has 1 aromatic rings. The Morgan fingerprint density at radius 3 is 2.36 bits per heavy atom. The van der Waals surface area contributed by atoms with E-state index in [1.54, 1.807) is 0 Å². The van der Waals surface area contributed by atoms with Crippen molar-refractivity contribution in [3.8, 4) is 0 Å². The molecule has 0 unspecified atom stereocenters. The van der Waals surface area contributed by atoms with Crippen molar-refractivity contribution in [3.63, 3.8) is 0 Å². The zero-order valence-corrected chi connectivity index (χ0v) is 12.4. The number of halogens is 6. The summed E-state index contributed by atoms with van der Waals surface area (Å²) >= 11 is 0. The predicted octanol–water partition coefficient (Wildman–Crippen LogP) is 2.86. The van der Waals surface area contributed by atoms with Crippen molar-refractivity contribution in [2.24, 2.45) is 5.10 Å². The predicted molar refractivity (Wildman–Crippen MR) is 74.9 cm³/mol. The summed E-state index contributed by atoms with van der Waals surface area (Å²) in [5, 5.41) is 5.53. The third-order valence-corrected chi connectivity index (χ3v) is 3.32. The summed E-state index contributed by atoms with van der Waals surface area (Å²) in [6.45, 7) is -1.32. The number of Topliss-reactive ketones (excluding diaryl/α,β-unsaturated/α-hetero) is 1. The molecular formula is C14H11F6N3O2. The minimum Gasteiger partial charge on any atom is -0.377 e. The standard InChI is InChI=1S/C14H11F6N3O2/c15-13(16,17)8-5-7(9-3-4-12(25)23-22-9)1-2-10(8)21-6-11(24)14(18,19)20/h1-2,5,21H,3-4,6H2,(H,23,25). The van der Waals surface area contributed by atoms with Crippen molar-refractivity contribution in [2.75, 3.05) is 11.9 Å². The second-order valence-corrected chi connectivity index (χ2v) is 5.13. The molecule has 0 bridgehead atoms. The monoisotopic (exact) mass is 367 g/mol. The van der Waals surface area contributed by atoms with Crippen molar-refractivity contribution >= 4 is 23.1 Å². The van der Waals surface area contributed by atoms with E-state index in [0.29, 0.717) is 6.07 Å². The highest BCUT2D eigenvalue weighted by atomic mass is 19.4. The Kier molecular flexibility index (Phi) is 5.04. The lowest BCUT2D eigenvalue weighted by Crippen LogP contribution is -2.30. The third kappa shape index (κ3) is 4.70. The first kappa shape index (κ1) is 18.7. The smallest absolute Gasteiger partial charge is 0.377 e. The molecule has 1 aliphatic rings. The van der Waals surface area contributed by atoms with Crippen molar-refractivity contribution in [1.82, 2.24) is 5.43 Å². The molecule has 2 N–H and O–H groups in total. The van der Waals surface area contributed by atoms with Gasteiger partial charge in [0.15, 0.2) is 0 Å². The van der Waals surface area contributed by atoms with E-state index in [4.69, 9.17) is 0 Å². The van der Waals surface area contributed by atoms with Crippen LogP contribution in [0.4, 0.5) is 32.0 Å². The Morgan fingerprint density at radius 2 is 1.84 bits per heavy atom. The Balaban J connectivity index is 2.29. The van der Waals surface area contributed by atoms with E-state index in [1.165, 1.54) is 6.07 Å². The molecule has 0 aromatic heterocycles. The number of alkyl halides is 6. The lowest BCUT2D eigenvalue weighted by atomic mass is 10.0. The van der Waals surface area contributed by atoms with E-state index in [9.17, 15) is 35.9 Å². The second kappa shape index (κ2) is 6.73. The number of rotatable bonds is 4. The highest BCUT2D eigenvalue weighted by Gasteiger charge is 2.39. The average molecular weight is 367 g/mol. The van der Waals surface area contributed by atoms with Crippen molar-refractivity contribution in [2.45, 2.75) is 25.2 Å². The maximum Gasteiger partial charge on any atom is 0.451 e. The Labute approximate surface area is 137 Å². The van der Waals surface area contributed by atoms with Gasteiger partial charge in [-0.25, -0.2) is 5.43 Å². The minimum absolute atomic E-state index is 0.0558. The van der Waals surface area contributed by atoms with Gasteiger partial charge in [0, 0.05) is 18.5 Å². The summed E-state index contributed by atoms with van der Waals surface area (Å²) in [6, 6.07) is 2.84. The van der Waals surface area contributed by atoms with E-state index in [0.717, 1.165) is 6.07 Å². The van der Waals surface area contributed by atoms with Gasteiger partial charge in [0.2, 0.25) is 5.91 Å². The molecule has 0 radical (unpaired) electrons. The van der Waals surface area contributed by atoms with Crippen LogP contribution in [0.5, 0.6) is 0 Å². The molecule has 11 heteroatoms. The molecule has 0 aliphatic carbocycles. The number of carbonyl (C=O) groups excluding carboxylic acids is 2. The van der Waals surface area contributed by atoms with Crippen LogP contribution in [0.25, 0.3) is 0 Å². The number of amides is 1. The number of carbonyl (C=O) groups is 2. The van der Waals surface area contributed by atoms with Crippen LogP contribution in [-0.4, -0.2) is 30.1 Å². The van der Waals surface area contributed by atoms with Gasteiger partial charge in [-0.15, -0.1) is 0 Å². The van der Waals surface area contributed by atoms with Crippen LogP contribution in [0.15, 0.2) is 23.3 Å². The van der Waals surface area contributed by atoms with Crippen LogP contribution >= 0.6 is 0 Å². The van der Waals surface area contributed by atoms with Crippen LogP contribution in [0.3, 0.4) is 0 Å². The molecule has 2 rings (SSSR count). The lowest BCUT2D eigenvalue weighted by molar-refractivity contribution is -0.168. The maximum absolute atomic E-state index is 13.2. The number of nitrogens with zero attached hydrogens (tertiary/aromatic N) is 1. The summed E-state index contributed by atoms with van der Waals surface area (Å²) in [5.41, 5.74) is 0.529. The highest BCUT2D eigenvalue weighted by molar-refractivity contribution is 6.04. The summed E-state index contributed by atoms with van der Waals surface area (Å²) in [6.07, 6.45) is -9.82. The van der Waals surface area contributed by atoms with E-state index in [2.05, 4.69) is 10.5 Å². The van der Waals surface area contributed by atoms with Crippen LogP contribution < -0.4 is 10.7 Å². The third-order valence-electron chi connectivity index (χ3n) is 3.32. The molecule has 25 heavy (non-hydrogen) atoms. The molecule has 0 atom stereocenters. The van der Waals surface area contributed by atoms with Gasteiger partial charge < -0.3 is 5.32 Å². The van der Waals surface area contributed by atoms with Crippen LogP contribution in [0.1, 0.15) is 24.0 Å². The van der Waals surface area contributed by atoms with E-state index in [1.807, 2.05) is 5.32 Å². The molecule has 0 saturated carbocycles. The second-order valence-electron chi connectivity index (χ2n) is 5.13. The van der Waals surface area contributed by atoms with Gasteiger partial charge in [-0.1, -0.05) is 6.07 Å². The Morgan fingerprint density at radius 1 is 1.16 bits per heavy atom. The van der Waals surface area contributed by atoms with Crippen LogP contribution in [-0.2, 0) is 15.8 Å². The molecule has 1 aromatic carbocycles. The first-order chi connectivity index (χ1) is 11.5.